The third kappa shape index (κ3) is 3.68. The van der Waals surface area contributed by atoms with Crippen LogP contribution in [0.5, 0.6) is 0 Å². The molecule has 0 aliphatic heterocycles. The Bertz CT molecular complexity index is 549. The number of hydrogen-bond donors (Lipinski definition) is 2. The van der Waals surface area contributed by atoms with Crippen LogP contribution in [0, 0.1) is 11.3 Å². The summed E-state index contributed by atoms with van der Waals surface area (Å²) in [7, 11) is -3.71. The lowest BCUT2D eigenvalue weighted by Crippen LogP contribution is -2.30. The molecule has 1 atom stereocenters. The number of hydrogen-bond acceptors (Lipinski definition) is 4. The van der Waals surface area contributed by atoms with E-state index in [4.69, 9.17) is 22.0 Å². The highest BCUT2D eigenvalue weighted by molar-refractivity contribution is 7.89. The second-order valence-corrected chi connectivity index (χ2v) is 5.63. The SMILES string of the molecule is C[C@H](O)CNS(=O)(=O)c1ccc(C#N)c(Cl)c1. The maximum atomic E-state index is 11.7. The molecule has 0 saturated heterocycles. The third-order valence-corrected chi connectivity index (χ3v) is 3.67. The Labute approximate surface area is 105 Å². The van der Waals surface area contributed by atoms with Crippen LogP contribution in [0.4, 0.5) is 0 Å². The van der Waals surface area contributed by atoms with Gasteiger partial charge >= 0.3 is 0 Å². The van der Waals surface area contributed by atoms with Crippen molar-refractivity contribution in [1.29, 1.82) is 5.26 Å². The highest BCUT2D eigenvalue weighted by Gasteiger charge is 2.15. The number of rotatable bonds is 4. The molecule has 0 aliphatic carbocycles. The van der Waals surface area contributed by atoms with Crippen molar-refractivity contribution in [2.24, 2.45) is 0 Å². The molecule has 1 aromatic carbocycles. The predicted molar refractivity (Wildman–Crippen MR) is 63.0 cm³/mol. The average molecular weight is 275 g/mol. The smallest absolute Gasteiger partial charge is 0.240 e. The standard InChI is InChI=1S/C10H11ClN2O3S/c1-7(14)6-13-17(15,16)9-3-2-8(5-12)10(11)4-9/h2-4,7,13-14H,6H2,1H3/t7-/m0/s1. The van der Waals surface area contributed by atoms with Crippen LogP contribution >= 0.6 is 11.6 Å². The monoisotopic (exact) mass is 274 g/mol. The predicted octanol–water partition coefficient (Wildman–Crippen LogP) is 0.871. The number of sulfonamides is 1. The Morgan fingerprint density at radius 2 is 2.24 bits per heavy atom. The zero-order valence-corrected chi connectivity index (χ0v) is 10.6. The highest BCUT2D eigenvalue weighted by atomic mass is 35.5. The van der Waals surface area contributed by atoms with E-state index in [1.54, 1.807) is 0 Å². The average Bonchev–Trinajstić information content (AvgIpc) is 2.26. The van der Waals surface area contributed by atoms with Gasteiger partial charge in [-0.05, 0) is 25.1 Å². The van der Waals surface area contributed by atoms with Crippen LogP contribution in [-0.4, -0.2) is 26.2 Å². The van der Waals surface area contributed by atoms with E-state index in [-0.39, 0.29) is 22.0 Å². The molecule has 0 bridgehead atoms. The number of nitriles is 1. The zero-order chi connectivity index (χ0) is 13.1. The van der Waals surface area contributed by atoms with E-state index in [1.807, 2.05) is 6.07 Å². The summed E-state index contributed by atoms with van der Waals surface area (Å²) >= 11 is 5.73. The zero-order valence-electron chi connectivity index (χ0n) is 9.01. The maximum absolute atomic E-state index is 11.7. The first kappa shape index (κ1) is 13.9. The van der Waals surface area contributed by atoms with Gasteiger partial charge in [-0.3, -0.25) is 0 Å². The lowest BCUT2D eigenvalue weighted by atomic mass is 10.2. The van der Waals surface area contributed by atoms with E-state index >= 15 is 0 Å². The van der Waals surface area contributed by atoms with Gasteiger partial charge in [-0.15, -0.1) is 0 Å². The fraction of sp³-hybridized carbons (Fsp3) is 0.300. The Morgan fingerprint density at radius 3 is 2.71 bits per heavy atom. The molecule has 0 spiro atoms. The van der Waals surface area contributed by atoms with Crippen LogP contribution in [0.15, 0.2) is 23.1 Å². The molecule has 5 nitrogen and oxygen atoms in total. The van der Waals surface area contributed by atoms with E-state index in [0.717, 1.165) is 0 Å². The molecule has 0 radical (unpaired) electrons. The topological polar surface area (TPSA) is 90.2 Å². The van der Waals surface area contributed by atoms with Gasteiger partial charge in [-0.25, -0.2) is 13.1 Å². The molecule has 0 aromatic heterocycles. The van der Waals surface area contributed by atoms with Crippen LogP contribution in [0.25, 0.3) is 0 Å². The molecule has 2 N–H and O–H groups in total. The lowest BCUT2D eigenvalue weighted by Gasteiger charge is -2.08. The van der Waals surface area contributed by atoms with Gasteiger partial charge in [0.05, 0.1) is 21.6 Å². The first-order chi connectivity index (χ1) is 7.86. The number of nitrogens with zero attached hydrogens (tertiary/aromatic N) is 1. The fourth-order valence-corrected chi connectivity index (χ4v) is 2.50. The normalized spacial score (nSPS) is 13.1. The van der Waals surface area contributed by atoms with Crippen molar-refractivity contribution in [3.63, 3.8) is 0 Å². The minimum Gasteiger partial charge on any atom is -0.392 e. The van der Waals surface area contributed by atoms with Gasteiger partial charge in [-0.2, -0.15) is 5.26 Å². The highest BCUT2D eigenvalue weighted by Crippen LogP contribution is 2.19. The Kier molecular flexibility index (Phi) is 4.48. The third-order valence-electron chi connectivity index (χ3n) is 1.94. The molecule has 17 heavy (non-hydrogen) atoms. The van der Waals surface area contributed by atoms with Crippen molar-refractivity contribution >= 4 is 21.6 Å². The molecule has 0 saturated carbocycles. The van der Waals surface area contributed by atoms with Crippen LogP contribution in [0.3, 0.4) is 0 Å². The van der Waals surface area contributed by atoms with Gasteiger partial charge in [0.15, 0.2) is 0 Å². The van der Waals surface area contributed by atoms with Crippen molar-refractivity contribution in [2.45, 2.75) is 17.9 Å². The van der Waals surface area contributed by atoms with Gasteiger partial charge in [-0.1, -0.05) is 11.6 Å². The summed E-state index contributed by atoms with van der Waals surface area (Å²) in [6, 6.07) is 5.65. The van der Waals surface area contributed by atoms with Crippen molar-refractivity contribution in [3.8, 4) is 6.07 Å². The summed E-state index contributed by atoms with van der Waals surface area (Å²) in [6.45, 7) is 1.38. The van der Waals surface area contributed by atoms with E-state index in [1.165, 1.54) is 25.1 Å². The number of halogens is 1. The molecule has 0 aliphatic rings. The molecule has 0 unspecified atom stereocenters. The summed E-state index contributed by atoms with van der Waals surface area (Å²) in [5.74, 6) is 0. The Morgan fingerprint density at radius 1 is 1.59 bits per heavy atom. The molecule has 0 fully saturated rings. The van der Waals surface area contributed by atoms with Crippen molar-refractivity contribution in [2.75, 3.05) is 6.54 Å². The second kappa shape index (κ2) is 5.47. The summed E-state index contributed by atoms with van der Waals surface area (Å²) in [4.78, 5) is -0.0397. The number of aliphatic hydroxyl groups is 1. The summed E-state index contributed by atoms with van der Waals surface area (Å²) in [5.41, 5.74) is 0.209. The van der Waals surface area contributed by atoms with Gasteiger partial charge < -0.3 is 5.11 Å². The molecule has 0 heterocycles. The summed E-state index contributed by atoms with van der Waals surface area (Å²) in [5, 5.41) is 17.7. The van der Waals surface area contributed by atoms with E-state index in [9.17, 15) is 8.42 Å². The minimum absolute atomic E-state index is 0.0397. The van der Waals surface area contributed by atoms with E-state index in [0.29, 0.717) is 0 Å². The van der Waals surface area contributed by atoms with Crippen molar-refractivity contribution in [1.82, 2.24) is 4.72 Å². The van der Waals surface area contributed by atoms with Crippen LogP contribution in [0.1, 0.15) is 12.5 Å². The molecule has 92 valence electrons. The lowest BCUT2D eigenvalue weighted by molar-refractivity contribution is 0.198. The van der Waals surface area contributed by atoms with E-state index < -0.39 is 16.1 Å². The van der Waals surface area contributed by atoms with Crippen LogP contribution in [0.2, 0.25) is 5.02 Å². The van der Waals surface area contributed by atoms with E-state index in [2.05, 4.69) is 4.72 Å². The first-order valence-electron chi connectivity index (χ1n) is 4.74. The van der Waals surface area contributed by atoms with Gasteiger partial charge in [0.1, 0.15) is 6.07 Å². The Balaban J connectivity index is 3.01. The van der Waals surface area contributed by atoms with Gasteiger partial charge in [0.25, 0.3) is 0 Å². The molecular formula is C10H11ClN2O3S. The molecule has 7 heteroatoms. The van der Waals surface area contributed by atoms with Crippen molar-refractivity contribution < 1.29 is 13.5 Å². The van der Waals surface area contributed by atoms with Gasteiger partial charge in [0.2, 0.25) is 10.0 Å². The van der Waals surface area contributed by atoms with Gasteiger partial charge in [0, 0.05) is 6.54 Å². The molecular weight excluding hydrogens is 264 g/mol. The number of benzene rings is 1. The van der Waals surface area contributed by atoms with Crippen molar-refractivity contribution in [3.05, 3.63) is 28.8 Å². The maximum Gasteiger partial charge on any atom is 0.240 e. The summed E-state index contributed by atoms with van der Waals surface area (Å²) in [6.07, 6.45) is -0.779. The first-order valence-corrected chi connectivity index (χ1v) is 6.60. The van der Waals surface area contributed by atoms with Crippen LogP contribution in [-0.2, 0) is 10.0 Å². The Hall–Kier alpha value is -1.13. The molecule has 1 rings (SSSR count). The molecule has 0 amide bonds. The fourth-order valence-electron chi connectivity index (χ4n) is 1.07. The minimum atomic E-state index is -3.71. The quantitative estimate of drug-likeness (QED) is 0.852. The largest absolute Gasteiger partial charge is 0.392 e. The second-order valence-electron chi connectivity index (χ2n) is 3.45. The number of aliphatic hydroxyl groups excluding tert-OH is 1. The summed E-state index contributed by atoms with van der Waals surface area (Å²) < 4.78 is 25.7. The number of nitrogens with one attached hydrogen (secondary N) is 1. The molecule has 1 aromatic rings. The van der Waals surface area contributed by atoms with Crippen LogP contribution < -0.4 is 4.72 Å².